The van der Waals surface area contributed by atoms with E-state index in [0.717, 1.165) is 0 Å². The Labute approximate surface area is 186 Å². The van der Waals surface area contributed by atoms with Gasteiger partial charge in [0.2, 0.25) is 0 Å². The Morgan fingerprint density at radius 3 is 2.47 bits per heavy atom. The molecule has 1 aliphatic rings. The van der Waals surface area contributed by atoms with Gasteiger partial charge in [-0.25, -0.2) is 0 Å². The first-order chi connectivity index (χ1) is 15.3. The molecular formula is C24H27NO7. The van der Waals surface area contributed by atoms with E-state index in [1.165, 1.54) is 37.3 Å². The molecule has 3 rings (SSSR count). The van der Waals surface area contributed by atoms with Crippen LogP contribution in [0.25, 0.3) is 5.76 Å². The number of aliphatic hydroxyl groups is 1. The van der Waals surface area contributed by atoms with Gasteiger partial charge in [-0.1, -0.05) is 12.1 Å². The van der Waals surface area contributed by atoms with E-state index in [2.05, 4.69) is 0 Å². The highest BCUT2D eigenvalue weighted by molar-refractivity contribution is 6.46. The third-order valence-corrected chi connectivity index (χ3v) is 5.17. The summed E-state index contributed by atoms with van der Waals surface area (Å²) in [6.07, 6.45) is -0.0490. The molecule has 2 N–H and O–H groups in total. The second-order valence-electron chi connectivity index (χ2n) is 7.57. The number of phenols is 1. The van der Waals surface area contributed by atoms with Crippen molar-refractivity contribution in [2.45, 2.75) is 26.0 Å². The highest BCUT2D eigenvalue weighted by atomic mass is 16.5. The first-order valence-corrected chi connectivity index (χ1v) is 10.2. The Balaban J connectivity index is 2.17. The van der Waals surface area contributed by atoms with Crippen molar-refractivity contribution in [2.24, 2.45) is 0 Å². The lowest BCUT2D eigenvalue weighted by atomic mass is 9.94. The van der Waals surface area contributed by atoms with E-state index < -0.39 is 17.7 Å². The quantitative estimate of drug-likeness (QED) is 0.368. The lowest BCUT2D eigenvalue weighted by Crippen LogP contribution is -2.33. The van der Waals surface area contributed by atoms with Gasteiger partial charge in [-0.05, 0) is 49.7 Å². The Morgan fingerprint density at radius 2 is 1.84 bits per heavy atom. The number of aromatic hydroxyl groups is 1. The van der Waals surface area contributed by atoms with Crippen LogP contribution in [-0.2, 0) is 14.3 Å². The molecule has 1 amide bonds. The smallest absolute Gasteiger partial charge is 0.295 e. The summed E-state index contributed by atoms with van der Waals surface area (Å²) in [5, 5.41) is 21.2. The van der Waals surface area contributed by atoms with Gasteiger partial charge in [0.1, 0.15) is 23.0 Å². The van der Waals surface area contributed by atoms with Gasteiger partial charge in [0, 0.05) is 6.54 Å². The normalized spacial score (nSPS) is 17.8. The first-order valence-electron chi connectivity index (χ1n) is 10.2. The third-order valence-electron chi connectivity index (χ3n) is 5.17. The summed E-state index contributed by atoms with van der Waals surface area (Å²) in [7, 11) is 2.92. The van der Waals surface area contributed by atoms with Gasteiger partial charge < -0.3 is 29.3 Å². The molecule has 1 unspecified atom stereocenters. The number of methoxy groups -OCH3 is 2. The second-order valence-corrected chi connectivity index (χ2v) is 7.57. The average Bonchev–Trinajstić information content (AvgIpc) is 3.03. The van der Waals surface area contributed by atoms with Crippen molar-refractivity contribution in [1.82, 2.24) is 4.90 Å². The Kier molecular flexibility index (Phi) is 7.05. The second kappa shape index (κ2) is 9.74. The van der Waals surface area contributed by atoms with Crippen LogP contribution in [0.5, 0.6) is 17.2 Å². The van der Waals surface area contributed by atoms with Crippen molar-refractivity contribution < 1.29 is 34.0 Å². The SMILES string of the molecule is COc1ccc(OC)c(/C(O)=C2\C(=O)C(=O)N(CCOC(C)C)C2c2cccc(O)c2)c1. The molecule has 0 aliphatic carbocycles. The molecule has 1 aliphatic heterocycles. The zero-order chi connectivity index (χ0) is 23.4. The molecule has 0 saturated carbocycles. The lowest BCUT2D eigenvalue weighted by molar-refractivity contribution is -0.140. The number of hydrogen-bond donors (Lipinski definition) is 2. The van der Waals surface area contributed by atoms with Crippen LogP contribution in [-0.4, -0.2) is 60.3 Å². The summed E-state index contributed by atoms with van der Waals surface area (Å²) >= 11 is 0. The standard InChI is InChI=1S/C24H27NO7/c1-14(2)32-11-10-25-21(15-6-5-7-16(26)12-15)20(23(28)24(25)29)22(27)18-13-17(30-3)8-9-19(18)31-4/h5-9,12-14,21,26-27H,10-11H2,1-4H3/b22-20+. The topological polar surface area (TPSA) is 106 Å². The molecule has 1 atom stereocenters. The van der Waals surface area contributed by atoms with E-state index in [1.807, 2.05) is 13.8 Å². The number of carbonyl (C=O) groups is 2. The molecule has 2 aromatic carbocycles. The first kappa shape index (κ1) is 23.1. The van der Waals surface area contributed by atoms with Gasteiger partial charge in [0.15, 0.2) is 0 Å². The molecule has 0 spiro atoms. The van der Waals surface area contributed by atoms with Crippen molar-refractivity contribution >= 4 is 17.4 Å². The Hall–Kier alpha value is -3.52. The summed E-state index contributed by atoms with van der Waals surface area (Å²) in [4.78, 5) is 27.3. The van der Waals surface area contributed by atoms with E-state index in [1.54, 1.807) is 24.3 Å². The van der Waals surface area contributed by atoms with Crippen LogP contribution in [0.2, 0.25) is 0 Å². The van der Waals surface area contributed by atoms with Gasteiger partial charge in [-0.3, -0.25) is 9.59 Å². The largest absolute Gasteiger partial charge is 0.508 e. The van der Waals surface area contributed by atoms with E-state index in [4.69, 9.17) is 14.2 Å². The molecule has 1 saturated heterocycles. The molecule has 32 heavy (non-hydrogen) atoms. The summed E-state index contributed by atoms with van der Waals surface area (Å²) in [6, 6.07) is 10.1. The molecule has 0 aromatic heterocycles. The molecule has 0 radical (unpaired) electrons. The fourth-order valence-electron chi connectivity index (χ4n) is 3.68. The summed E-state index contributed by atoms with van der Waals surface area (Å²) in [5.74, 6) is -1.24. The third kappa shape index (κ3) is 4.55. The van der Waals surface area contributed by atoms with Crippen molar-refractivity contribution in [3.8, 4) is 17.2 Å². The van der Waals surface area contributed by atoms with Gasteiger partial charge in [-0.15, -0.1) is 0 Å². The fourth-order valence-corrected chi connectivity index (χ4v) is 3.68. The van der Waals surface area contributed by atoms with Crippen LogP contribution >= 0.6 is 0 Å². The van der Waals surface area contributed by atoms with Crippen LogP contribution in [0.15, 0.2) is 48.0 Å². The van der Waals surface area contributed by atoms with E-state index in [9.17, 15) is 19.8 Å². The number of likely N-dealkylation sites (tertiary alicyclic amines) is 1. The summed E-state index contributed by atoms with van der Waals surface area (Å²) in [6.45, 7) is 4.09. The number of carbonyl (C=O) groups excluding carboxylic acids is 2. The Bertz CT molecular complexity index is 1040. The number of nitrogens with zero attached hydrogens (tertiary/aromatic N) is 1. The number of ether oxygens (including phenoxy) is 3. The number of aliphatic hydroxyl groups excluding tert-OH is 1. The summed E-state index contributed by atoms with van der Waals surface area (Å²) in [5.41, 5.74) is 0.599. The number of ketones is 1. The summed E-state index contributed by atoms with van der Waals surface area (Å²) < 4.78 is 16.2. The zero-order valence-electron chi connectivity index (χ0n) is 18.5. The predicted molar refractivity (Wildman–Crippen MR) is 118 cm³/mol. The number of hydrogen-bond acceptors (Lipinski definition) is 7. The van der Waals surface area contributed by atoms with E-state index in [-0.39, 0.29) is 41.9 Å². The molecule has 8 nitrogen and oxygen atoms in total. The number of phenolic OH excluding ortho intramolecular Hbond substituents is 1. The maximum Gasteiger partial charge on any atom is 0.295 e. The molecule has 1 fully saturated rings. The number of Topliss-reactive ketones (excluding diaryl/α,β-unsaturated/α-hetero) is 1. The monoisotopic (exact) mass is 441 g/mol. The molecule has 0 bridgehead atoms. The molecule has 1 heterocycles. The molecule has 8 heteroatoms. The maximum absolute atomic E-state index is 13.1. The van der Waals surface area contributed by atoms with E-state index in [0.29, 0.717) is 17.1 Å². The maximum atomic E-state index is 13.1. The number of rotatable bonds is 8. The minimum atomic E-state index is -0.909. The highest BCUT2D eigenvalue weighted by Gasteiger charge is 2.46. The van der Waals surface area contributed by atoms with E-state index >= 15 is 0 Å². The van der Waals surface area contributed by atoms with Crippen molar-refractivity contribution in [3.63, 3.8) is 0 Å². The number of benzene rings is 2. The van der Waals surface area contributed by atoms with Crippen LogP contribution in [0.3, 0.4) is 0 Å². The molecular weight excluding hydrogens is 414 g/mol. The number of amides is 1. The van der Waals surface area contributed by atoms with Gasteiger partial charge in [0.25, 0.3) is 11.7 Å². The highest BCUT2D eigenvalue weighted by Crippen LogP contribution is 2.42. The Morgan fingerprint density at radius 1 is 1.09 bits per heavy atom. The van der Waals surface area contributed by atoms with Gasteiger partial charge >= 0.3 is 0 Å². The zero-order valence-corrected chi connectivity index (χ0v) is 18.5. The molecule has 170 valence electrons. The fraction of sp³-hybridized carbons (Fsp3) is 0.333. The van der Waals surface area contributed by atoms with Crippen LogP contribution in [0.4, 0.5) is 0 Å². The molecule has 2 aromatic rings. The van der Waals surface area contributed by atoms with Gasteiger partial charge in [0.05, 0.1) is 44.1 Å². The predicted octanol–water partition coefficient (Wildman–Crippen LogP) is 3.26. The van der Waals surface area contributed by atoms with Crippen molar-refractivity contribution in [1.29, 1.82) is 0 Å². The van der Waals surface area contributed by atoms with Crippen LogP contribution < -0.4 is 9.47 Å². The van der Waals surface area contributed by atoms with Crippen LogP contribution in [0, 0.1) is 0 Å². The van der Waals surface area contributed by atoms with Crippen molar-refractivity contribution in [2.75, 3.05) is 27.4 Å². The average molecular weight is 441 g/mol. The van der Waals surface area contributed by atoms with Gasteiger partial charge in [-0.2, -0.15) is 0 Å². The lowest BCUT2D eigenvalue weighted by Gasteiger charge is -2.26. The van der Waals surface area contributed by atoms with Crippen molar-refractivity contribution in [3.05, 3.63) is 59.2 Å². The minimum Gasteiger partial charge on any atom is -0.508 e. The minimum absolute atomic E-state index is 0.0227. The van der Waals surface area contributed by atoms with Crippen LogP contribution in [0.1, 0.15) is 31.0 Å².